The minimum absolute atomic E-state index is 0.268. The van der Waals surface area contributed by atoms with E-state index < -0.39 is 23.8 Å². The van der Waals surface area contributed by atoms with E-state index in [0.29, 0.717) is 23.4 Å². The monoisotopic (exact) mass is 503 g/mol. The average molecular weight is 504 g/mol. The molecule has 3 rings (SSSR count). The lowest BCUT2D eigenvalue weighted by atomic mass is 9.76. The van der Waals surface area contributed by atoms with Gasteiger partial charge < -0.3 is 15.2 Å². The number of aryl methyl sites for hydroxylation is 1. The summed E-state index contributed by atoms with van der Waals surface area (Å²) in [6.45, 7) is 5.96. The summed E-state index contributed by atoms with van der Waals surface area (Å²) in [6.07, 6.45) is 13.2. The lowest BCUT2D eigenvalue weighted by Crippen LogP contribution is -2.36. The Bertz CT molecular complexity index is 947. The third kappa shape index (κ3) is 7.18. The van der Waals surface area contributed by atoms with Crippen LogP contribution in [0.15, 0.2) is 11.1 Å². The van der Waals surface area contributed by atoms with E-state index in [4.69, 9.17) is 4.74 Å². The van der Waals surface area contributed by atoms with Crippen molar-refractivity contribution < 1.29 is 24.2 Å². The summed E-state index contributed by atoms with van der Waals surface area (Å²) in [4.78, 5) is 39.6. The van der Waals surface area contributed by atoms with E-state index >= 15 is 0 Å². The lowest BCUT2D eigenvalue weighted by molar-refractivity contribution is -0.146. The molecule has 7 heteroatoms. The average Bonchev–Trinajstić information content (AvgIpc) is 3.15. The topological polar surface area (TPSA) is 92.7 Å². The van der Waals surface area contributed by atoms with Crippen molar-refractivity contribution in [1.82, 2.24) is 0 Å². The van der Waals surface area contributed by atoms with Crippen molar-refractivity contribution >= 4 is 34.2 Å². The van der Waals surface area contributed by atoms with E-state index in [2.05, 4.69) is 5.32 Å². The van der Waals surface area contributed by atoms with Gasteiger partial charge in [0.05, 0.1) is 24.0 Å². The zero-order chi connectivity index (χ0) is 25.4. The molecule has 1 amide bonds. The summed E-state index contributed by atoms with van der Waals surface area (Å²) < 4.78 is 5.42. The summed E-state index contributed by atoms with van der Waals surface area (Å²) in [6, 6.07) is 0. The molecular formula is C28H41NO5S. The van der Waals surface area contributed by atoms with Gasteiger partial charge in [0, 0.05) is 4.88 Å². The molecule has 1 heterocycles. The standard InChI is InChI=1S/C28H41NO5S/c1-4-34-28(33)24-20-14-12-10-8-6-5-7-9-11-13-15-23(20)35-26(24)29-25(30)21-16-18(2)19(3)17-22(21)27(31)32/h21-22H,4-17H2,1-3H3,(H,29,30)(H,31,32)/t21-,22-/m1/s1. The van der Waals surface area contributed by atoms with Crippen LogP contribution in [-0.4, -0.2) is 29.6 Å². The van der Waals surface area contributed by atoms with Gasteiger partial charge in [-0.1, -0.05) is 56.1 Å². The number of carbonyl (C=O) groups is 3. The van der Waals surface area contributed by atoms with Crippen molar-refractivity contribution in [2.75, 3.05) is 11.9 Å². The molecule has 0 saturated heterocycles. The minimum atomic E-state index is -0.948. The first-order valence-electron chi connectivity index (χ1n) is 13.3. The highest BCUT2D eigenvalue weighted by Crippen LogP contribution is 2.39. The fourth-order valence-corrected chi connectivity index (χ4v) is 6.62. The first kappa shape index (κ1) is 27.4. The quantitative estimate of drug-likeness (QED) is 0.336. The molecule has 0 spiro atoms. The number of anilines is 1. The van der Waals surface area contributed by atoms with Gasteiger partial charge in [-0.05, 0) is 64.9 Å². The van der Waals surface area contributed by atoms with E-state index in [1.165, 1.54) is 49.9 Å². The Hall–Kier alpha value is -2.15. The molecule has 6 nitrogen and oxygen atoms in total. The highest BCUT2D eigenvalue weighted by atomic mass is 32.1. The number of aliphatic carboxylic acids is 1. The predicted molar refractivity (Wildman–Crippen MR) is 140 cm³/mol. The molecule has 35 heavy (non-hydrogen) atoms. The number of carbonyl (C=O) groups excluding carboxylic acids is 2. The fourth-order valence-electron chi connectivity index (χ4n) is 5.34. The molecule has 0 saturated carbocycles. The Labute approximate surface area is 213 Å². The van der Waals surface area contributed by atoms with Crippen LogP contribution >= 0.6 is 11.3 Å². The van der Waals surface area contributed by atoms with Gasteiger partial charge in [0.15, 0.2) is 0 Å². The second-order valence-electron chi connectivity index (χ2n) is 10.1. The maximum Gasteiger partial charge on any atom is 0.341 e. The summed E-state index contributed by atoms with van der Waals surface area (Å²) in [7, 11) is 0. The zero-order valence-corrected chi connectivity index (χ0v) is 22.4. The van der Waals surface area contributed by atoms with Crippen molar-refractivity contribution in [3.05, 3.63) is 27.2 Å². The first-order valence-corrected chi connectivity index (χ1v) is 14.2. The molecule has 0 unspecified atom stereocenters. The number of hydrogen-bond acceptors (Lipinski definition) is 5. The number of thiophene rings is 1. The Morgan fingerprint density at radius 3 is 2.00 bits per heavy atom. The number of ether oxygens (including phenoxy) is 1. The van der Waals surface area contributed by atoms with Crippen LogP contribution in [0.1, 0.15) is 112 Å². The van der Waals surface area contributed by atoms with Gasteiger partial charge in [-0.3, -0.25) is 9.59 Å². The van der Waals surface area contributed by atoms with Crippen molar-refractivity contribution in [2.45, 2.75) is 104 Å². The van der Waals surface area contributed by atoms with Crippen LogP contribution in [0.5, 0.6) is 0 Å². The summed E-state index contributed by atoms with van der Waals surface area (Å²) in [5.41, 5.74) is 3.62. The fraction of sp³-hybridized carbons (Fsp3) is 0.679. The lowest BCUT2D eigenvalue weighted by Gasteiger charge is -2.29. The zero-order valence-electron chi connectivity index (χ0n) is 21.5. The number of esters is 1. The van der Waals surface area contributed by atoms with E-state index in [1.54, 1.807) is 6.92 Å². The van der Waals surface area contributed by atoms with E-state index in [1.807, 2.05) is 13.8 Å². The van der Waals surface area contributed by atoms with Gasteiger partial charge in [0.1, 0.15) is 5.00 Å². The molecule has 1 aromatic heterocycles. The number of rotatable bonds is 5. The van der Waals surface area contributed by atoms with Gasteiger partial charge in [-0.25, -0.2) is 4.79 Å². The summed E-state index contributed by atoms with van der Waals surface area (Å²) in [5, 5.41) is 13.3. The number of hydrogen-bond donors (Lipinski definition) is 2. The van der Waals surface area contributed by atoms with Crippen LogP contribution in [0.4, 0.5) is 5.00 Å². The van der Waals surface area contributed by atoms with Crippen LogP contribution in [0.2, 0.25) is 0 Å². The third-order valence-corrected chi connectivity index (χ3v) is 8.77. The Kier molecular flexibility index (Phi) is 10.4. The normalized spacial score (nSPS) is 22.3. The van der Waals surface area contributed by atoms with Crippen LogP contribution in [0.25, 0.3) is 0 Å². The smallest absolute Gasteiger partial charge is 0.341 e. The second kappa shape index (κ2) is 13.2. The summed E-state index contributed by atoms with van der Waals surface area (Å²) >= 11 is 1.48. The van der Waals surface area contributed by atoms with E-state index in [9.17, 15) is 19.5 Å². The molecule has 2 atom stereocenters. The molecular weight excluding hydrogens is 462 g/mol. The molecule has 1 aromatic rings. The summed E-state index contributed by atoms with van der Waals surface area (Å²) in [5.74, 6) is -3.07. The molecule has 0 aliphatic heterocycles. The van der Waals surface area contributed by atoms with E-state index in [-0.39, 0.29) is 12.5 Å². The number of fused-ring (bicyclic) bond motifs is 1. The van der Waals surface area contributed by atoms with Gasteiger partial charge in [0.2, 0.25) is 5.91 Å². The van der Waals surface area contributed by atoms with Gasteiger partial charge >= 0.3 is 11.9 Å². The molecule has 2 N–H and O–H groups in total. The van der Waals surface area contributed by atoms with Gasteiger partial charge in [0.25, 0.3) is 0 Å². The highest BCUT2D eigenvalue weighted by Gasteiger charge is 2.38. The number of carboxylic acid groups (broad SMARTS) is 1. The van der Waals surface area contributed by atoms with Crippen molar-refractivity contribution in [2.24, 2.45) is 11.8 Å². The maximum absolute atomic E-state index is 13.4. The van der Waals surface area contributed by atoms with E-state index in [0.717, 1.165) is 53.7 Å². The largest absolute Gasteiger partial charge is 0.481 e. The Morgan fingerprint density at radius 1 is 0.886 bits per heavy atom. The maximum atomic E-state index is 13.4. The molecule has 0 fully saturated rings. The highest BCUT2D eigenvalue weighted by molar-refractivity contribution is 7.17. The molecule has 0 aromatic carbocycles. The molecule has 2 aliphatic carbocycles. The predicted octanol–water partition coefficient (Wildman–Crippen LogP) is 6.92. The van der Waals surface area contributed by atoms with Crippen molar-refractivity contribution in [1.29, 1.82) is 0 Å². The van der Waals surface area contributed by atoms with Crippen LogP contribution < -0.4 is 5.32 Å². The number of carboxylic acids is 1. The molecule has 0 bridgehead atoms. The van der Waals surface area contributed by atoms with Gasteiger partial charge in [-0.2, -0.15) is 0 Å². The number of allylic oxidation sites excluding steroid dienone is 2. The van der Waals surface area contributed by atoms with Crippen molar-refractivity contribution in [3.8, 4) is 0 Å². The second-order valence-corrected chi connectivity index (χ2v) is 11.2. The molecule has 0 radical (unpaired) electrons. The van der Waals surface area contributed by atoms with Gasteiger partial charge in [-0.15, -0.1) is 11.3 Å². The van der Waals surface area contributed by atoms with Crippen molar-refractivity contribution in [3.63, 3.8) is 0 Å². The minimum Gasteiger partial charge on any atom is -0.481 e. The van der Waals surface area contributed by atoms with Crippen LogP contribution in [0.3, 0.4) is 0 Å². The van der Waals surface area contributed by atoms with Crippen LogP contribution in [-0.2, 0) is 27.2 Å². The molecule has 2 aliphatic rings. The number of nitrogens with one attached hydrogen (secondary N) is 1. The first-order chi connectivity index (χ1) is 16.8. The Morgan fingerprint density at radius 2 is 1.43 bits per heavy atom. The number of amides is 1. The molecule has 194 valence electrons. The SMILES string of the molecule is CCOC(=O)c1c(NC(=O)[C@@H]2CC(C)=C(C)C[C@H]2C(=O)O)sc2c1CCCCCCCCCCC2. The van der Waals surface area contributed by atoms with Crippen LogP contribution in [0, 0.1) is 11.8 Å². The Balaban J connectivity index is 1.92. The third-order valence-electron chi connectivity index (χ3n) is 7.56.